The SMILES string of the molecule is N#CC1c2cc(S(=O)(=O)O)ccc2CCC1P(C1CCCCC1)C1CCCCC1. The molecule has 0 heterocycles. The van der Waals surface area contributed by atoms with Crippen LogP contribution in [0.1, 0.15) is 87.7 Å². The van der Waals surface area contributed by atoms with E-state index in [1.807, 2.05) is 6.07 Å². The van der Waals surface area contributed by atoms with Crippen molar-refractivity contribution in [3.63, 3.8) is 0 Å². The molecule has 2 fully saturated rings. The Hall–Kier alpha value is -0.950. The van der Waals surface area contributed by atoms with Crippen molar-refractivity contribution in [1.82, 2.24) is 0 Å². The Morgan fingerprint density at radius 1 is 0.931 bits per heavy atom. The lowest BCUT2D eigenvalue weighted by Gasteiger charge is -2.46. The largest absolute Gasteiger partial charge is 0.294 e. The zero-order chi connectivity index (χ0) is 20.4. The molecule has 0 saturated heterocycles. The Balaban J connectivity index is 1.70. The van der Waals surface area contributed by atoms with Gasteiger partial charge in [-0.3, -0.25) is 4.55 Å². The molecule has 29 heavy (non-hydrogen) atoms. The lowest BCUT2D eigenvalue weighted by Crippen LogP contribution is -2.32. The van der Waals surface area contributed by atoms with E-state index in [9.17, 15) is 18.2 Å². The van der Waals surface area contributed by atoms with E-state index in [0.717, 1.165) is 35.3 Å². The quantitative estimate of drug-likeness (QED) is 0.466. The van der Waals surface area contributed by atoms with Gasteiger partial charge < -0.3 is 0 Å². The highest BCUT2D eigenvalue weighted by Gasteiger charge is 2.42. The van der Waals surface area contributed by atoms with Crippen molar-refractivity contribution in [1.29, 1.82) is 5.26 Å². The Bertz CT molecular complexity index is 849. The van der Waals surface area contributed by atoms with E-state index in [4.69, 9.17) is 0 Å². The zero-order valence-corrected chi connectivity index (χ0v) is 18.8. The summed E-state index contributed by atoms with van der Waals surface area (Å²) in [6.07, 6.45) is 15.2. The van der Waals surface area contributed by atoms with Crippen molar-refractivity contribution in [2.75, 3.05) is 0 Å². The molecule has 0 radical (unpaired) electrons. The lowest BCUT2D eigenvalue weighted by molar-refractivity contribution is 0.474. The zero-order valence-electron chi connectivity index (χ0n) is 17.1. The molecule has 1 aromatic carbocycles. The van der Waals surface area contributed by atoms with Crippen LogP contribution in [0.3, 0.4) is 0 Å². The van der Waals surface area contributed by atoms with Crippen LogP contribution in [0, 0.1) is 11.3 Å². The van der Waals surface area contributed by atoms with E-state index in [1.165, 1.54) is 70.3 Å². The van der Waals surface area contributed by atoms with Crippen molar-refractivity contribution in [2.24, 2.45) is 0 Å². The molecule has 0 amide bonds. The van der Waals surface area contributed by atoms with Gasteiger partial charge in [0.05, 0.1) is 16.9 Å². The summed E-state index contributed by atoms with van der Waals surface area (Å²) >= 11 is 0. The van der Waals surface area contributed by atoms with Crippen molar-refractivity contribution in [3.8, 4) is 6.07 Å². The Labute approximate surface area is 176 Å². The molecule has 2 atom stereocenters. The summed E-state index contributed by atoms with van der Waals surface area (Å²) in [6.45, 7) is 0. The average Bonchev–Trinajstić information content (AvgIpc) is 2.74. The third kappa shape index (κ3) is 4.55. The first-order chi connectivity index (χ1) is 14.0. The smallest absolute Gasteiger partial charge is 0.282 e. The van der Waals surface area contributed by atoms with Gasteiger partial charge in [-0.25, -0.2) is 0 Å². The Morgan fingerprint density at radius 2 is 1.52 bits per heavy atom. The highest BCUT2D eigenvalue weighted by atomic mass is 32.2. The van der Waals surface area contributed by atoms with Crippen LogP contribution in [0.5, 0.6) is 0 Å². The molecule has 0 aromatic heterocycles. The van der Waals surface area contributed by atoms with E-state index < -0.39 is 10.1 Å². The highest BCUT2D eigenvalue weighted by Crippen LogP contribution is 2.63. The minimum atomic E-state index is -4.25. The monoisotopic (exact) mass is 433 g/mol. The molecule has 1 aromatic rings. The minimum absolute atomic E-state index is 0.0724. The first kappa shape index (κ1) is 21.3. The molecule has 2 saturated carbocycles. The molecule has 4 rings (SSSR count). The van der Waals surface area contributed by atoms with E-state index in [1.54, 1.807) is 6.07 Å². The summed E-state index contributed by atoms with van der Waals surface area (Å²) in [7, 11) is -4.51. The molecule has 3 aliphatic carbocycles. The van der Waals surface area contributed by atoms with Gasteiger partial charge in [0.15, 0.2) is 0 Å². The van der Waals surface area contributed by atoms with Crippen LogP contribution >= 0.6 is 7.92 Å². The molecule has 4 nitrogen and oxygen atoms in total. The molecule has 2 unspecified atom stereocenters. The third-order valence-electron chi connectivity index (χ3n) is 7.36. The molecule has 0 bridgehead atoms. The standard InChI is InChI=1S/C23H32NO3PS/c24-16-22-21-15-20(29(25,26)27)13-11-17(21)12-14-23(22)28(18-7-3-1-4-8-18)19-9-5-2-6-10-19/h11,13,15,18-19,22-23H,1-10,12,14H2,(H,25,26,27). The maximum atomic E-state index is 11.7. The number of benzene rings is 1. The van der Waals surface area contributed by atoms with Crippen molar-refractivity contribution >= 4 is 18.0 Å². The number of hydrogen-bond acceptors (Lipinski definition) is 3. The van der Waals surface area contributed by atoms with Gasteiger partial charge in [0.2, 0.25) is 0 Å². The van der Waals surface area contributed by atoms with Gasteiger partial charge in [-0.15, -0.1) is 0 Å². The van der Waals surface area contributed by atoms with Gasteiger partial charge in [-0.1, -0.05) is 52.5 Å². The number of hydrogen-bond donors (Lipinski definition) is 1. The van der Waals surface area contributed by atoms with Gasteiger partial charge in [0, 0.05) is 0 Å². The summed E-state index contributed by atoms with van der Waals surface area (Å²) in [5.74, 6) is -0.240. The molecule has 0 aliphatic heterocycles. The van der Waals surface area contributed by atoms with Crippen LogP contribution < -0.4 is 0 Å². The van der Waals surface area contributed by atoms with Gasteiger partial charge in [0.25, 0.3) is 10.1 Å². The maximum absolute atomic E-state index is 11.7. The average molecular weight is 434 g/mol. The fraction of sp³-hybridized carbons (Fsp3) is 0.696. The van der Waals surface area contributed by atoms with Crippen LogP contribution in [-0.2, 0) is 16.5 Å². The van der Waals surface area contributed by atoms with Crippen LogP contribution in [-0.4, -0.2) is 29.9 Å². The molecule has 3 aliphatic rings. The summed E-state index contributed by atoms with van der Waals surface area (Å²) in [5, 5.41) is 10.2. The molecular formula is C23H32NO3PS. The van der Waals surface area contributed by atoms with Gasteiger partial charge in [-0.2, -0.15) is 13.7 Å². The first-order valence-corrected chi connectivity index (χ1v) is 14.3. The second kappa shape index (κ2) is 9.04. The number of nitriles is 1. The summed E-state index contributed by atoms with van der Waals surface area (Å²) in [6, 6.07) is 7.46. The van der Waals surface area contributed by atoms with Crippen LogP contribution in [0.2, 0.25) is 0 Å². The van der Waals surface area contributed by atoms with E-state index in [0.29, 0.717) is 5.66 Å². The van der Waals surface area contributed by atoms with E-state index >= 15 is 0 Å². The fourth-order valence-electron chi connectivity index (χ4n) is 6.00. The molecular weight excluding hydrogens is 401 g/mol. The van der Waals surface area contributed by atoms with Crippen LogP contribution in [0.4, 0.5) is 0 Å². The fourth-order valence-corrected chi connectivity index (χ4v) is 11.1. The van der Waals surface area contributed by atoms with Gasteiger partial charge >= 0.3 is 0 Å². The van der Waals surface area contributed by atoms with Crippen molar-refractivity contribution in [2.45, 2.75) is 105 Å². The second-order valence-electron chi connectivity index (χ2n) is 9.08. The summed E-state index contributed by atoms with van der Waals surface area (Å²) in [5.41, 5.74) is 3.86. The first-order valence-electron chi connectivity index (χ1n) is 11.3. The highest BCUT2D eigenvalue weighted by molar-refractivity contribution is 7.85. The molecule has 1 N–H and O–H groups in total. The minimum Gasteiger partial charge on any atom is -0.282 e. The van der Waals surface area contributed by atoms with Gasteiger partial charge in [-0.05, 0) is 78.8 Å². The summed E-state index contributed by atoms with van der Waals surface area (Å²) in [4.78, 5) is -0.0724. The number of fused-ring (bicyclic) bond motifs is 1. The van der Waals surface area contributed by atoms with Crippen LogP contribution in [0.25, 0.3) is 0 Å². The molecule has 158 valence electrons. The topological polar surface area (TPSA) is 78.2 Å². The number of rotatable bonds is 4. The Morgan fingerprint density at radius 3 is 2.03 bits per heavy atom. The van der Waals surface area contributed by atoms with Gasteiger partial charge in [0.1, 0.15) is 0 Å². The van der Waals surface area contributed by atoms with Crippen molar-refractivity contribution < 1.29 is 13.0 Å². The predicted molar refractivity (Wildman–Crippen MR) is 117 cm³/mol. The maximum Gasteiger partial charge on any atom is 0.294 e. The molecule has 0 spiro atoms. The Kier molecular flexibility index (Phi) is 6.64. The third-order valence-corrected chi connectivity index (χ3v) is 12.3. The van der Waals surface area contributed by atoms with E-state index in [2.05, 4.69) is 6.07 Å². The van der Waals surface area contributed by atoms with E-state index in [-0.39, 0.29) is 18.7 Å². The summed E-state index contributed by atoms with van der Waals surface area (Å²) < 4.78 is 32.9. The lowest BCUT2D eigenvalue weighted by atomic mass is 9.83. The number of nitrogens with zero attached hydrogens (tertiary/aromatic N) is 1. The van der Waals surface area contributed by atoms with Crippen molar-refractivity contribution in [3.05, 3.63) is 29.3 Å². The van der Waals surface area contributed by atoms with Crippen LogP contribution in [0.15, 0.2) is 23.1 Å². The predicted octanol–water partition coefficient (Wildman–Crippen LogP) is 6.00. The second-order valence-corrected chi connectivity index (χ2v) is 13.5. The number of aryl methyl sites for hydroxylation is 1. The molecule has 6 heteroatoms. The normalized spacial score (nSPS) is 26.8.